The summed E-state index contributed by atoms with van der Waals surface area (Å²) in [6.07, 6.45) is 3.02. The van der Waals surface area contributed by atoms with Crippen LogP contribution in [0.5, 0.6) is 0 Å². The highest BCUT2D eigenvalue weighted by Gasteiger charge is 2.09. The van der Waals surface area contributed by atoms with Crippen LogP contribution in [0.2, 0.25) is 0 Å². The molecule has 0 fully saturated rings. The Bertz CT molecular complexity index is 583. The molecule has 0 saturated heterocycles. The summed E-state index contributed by atoms with van der Waals surface area (Å²) < 4.78 is 1.94. The quantitative estimate of drug-likeness (QED) is 0.597. The molecule has 0 atom stereocenters. The third-order valence-electron chi connectivity index (χ3n) is 3.20. The van der Waals surface area contributed by atoms with Gasteiger partial charge in [-0.05, 0) is 18.4 Å². The molecule has 5 nitrogen and oxygen atoms in total. The number of carbonyl (C=O) groups excluding carboxylic acids is 1. The van der Waals surface area contributed by atoms with Crippen molar-refractivity contribution in [2.24, 2.45) is 12.8 Å². The van der Waals surface area contributed by atoms with Gasteiger partial charge in [-0.3, -0.25) is 4.79 Å². The lowest BCUT2D eigenvalue weighted by Gasteiger charge is -2.03. The molecule has 0 bridgehead atoms. The molecular formula is C15H20N4OS. The molecule has 1 amide bonds. The molecule has 112 valence electrons. The Morgan fingerprint density at radius 1 is 1.24 bits per heavy atom. The Morgan fingerprint density at radius 3 is 2.71 bits per heavy atom. The maximum Gasteiger partial charge on any atom is 0.217 e. The van der Waals surface area contributed by atoms with Gasteiger partial charge in [-0.15, -0.1) is 10.2 Å². The number of nitrogens with two attached hydrogens (primary N) is 1. The lowest BCUT2D eigenvalue weighted by molar-refractivity contribution is -0.118. The standard InChI is InChI=1S/C15H20N4OS/c1-19-14(10-9-13(16)20)17-18-15(19)21-11-5-8-12-6-3-2-4-7-12/h2-4,6-7H,5,8-11H2,1H3,(H2,16,20). The summed E-state index contributed by atoms with van der Waals surface area (Å²) in [6, 6.07) is 10.5. The van der Waals surface area contributed by atoms with Crippen LogP contribution in [-0.4, -0.2) is 26.4 Å². The lowest BCUT2D eigenvalue weighted by atomic mass is 10.1. The number of primary amides is 1. The number of aryl methyl sites for hydroxylation is 2. The summed E-state index contributed by atoms with van der Waals surface area (Å²) in [6.45, 7) is 0. The summed E-state index contributed by atoms with van der Waals surface area (Å²) in [5.74, 6) is 1.49. The second kappa shape index (κ2) is 7.83. The van der Waals surface area contributed by atoms with Crippen molar-refractivity contribution in [2.75, 3.05) is 5.75 Å². The first-order valence-electron chi connectivity index (χ1n) is 7.00. The number of nitrogens with zero attached hydrogens (tertiary/aromatic N) is 3. The minimum atomic E-state index is -0.310. The van der Waals surface area contributed by atoms with Gasteiger partial charge >= 0.3 is 0 Å². The van der Waals surface area contributed by atoms with Crippen molar-refractivity contribution in [1.29, 1.82) is 0 Å². The minimum Gasteiger partial charge on any atom is -0.370 e. The minimum absolute atomic E-state index is 0.310. The molecule has 2 rings (SSSR count). The molecule has 0 unspecified atom stereocenters. The normalized spacial score (nSPS) is 10.7. The summed E-state index contributed by atoms with van der Waals surface area (Å²) in [4.78, 5) is 10.8. The smallest absolute Gasteiger partial charge is 0.217 e. The van der Waals surface area contributed by atoms with Gasteiger partial charge < -0.3 is 10.3 Å². The molecule has 6 heteroatoms. The predicted octanol–water partition coefficient (Wildman–Crippen LogP) is 1.96. The van der Waals surface area contributed by atoms with Crippen LogP contribution in [0.3, 0.4) is 0 Å². The lowest BCUT2D eigenvalue weighted by Crippen LogP contribution is -2.12. The van der Waals surface area contributed by atoms with Gasteiger partial charge in [-0.25, -0.2) is 0 Å². The SMILES string of the molecule is Cn1c(CCC(N)=O)nnc1SCCCc1ccccc1. The summed E-state index contributed by atoms with van der Waals surface area (Å²) in [5.41, 5.74) is 6.51. The summed E-state index contributed by atoms with van der Waals surface area (Å²) >= 11 is 1.69. The molecular weight excluding hydrogens is 284 g/mol. The van der Waals surface area contributed by atoms with E-state index in [-0.39, 0.29) is 5.91 Å². The second-order valence-electron chi connectivity index (χ2n) is 4.86. The monoisotopic (exact) mass is 304 g/mol. The van der Waals surface area contributed by atoms with E-state index in [4.69, 9.17) is 5.73 Å². The molecule has 1 heterocycles. The zero-order valence-corrected chi connectivity index (χ0v) is 13.0. The van der Waals surface area contributed by atoms with Gasteiger partial charge in [-0.1, -0.05) is 42.1 Å². The van der Waals surface area contributed by atoms with E-state index in [1.807, 2.05) is 17.7 Å². The molecule has 0 saturated carbocycles. The highest BCUT2D eigenvalue weighted by Crippen LogP contribution is 2.18. The number of amides is 1. The van der Waals surface area contributed by atoms with Gasteiger partial charge in [0.15, 0.2) is 5.16 Å². The first-order chi connectivity index (χ1) is 10.2. The van der Waals surface area contributed by atoms with Crippen LogP contribution in [0.4, 0.5) is 0 Å². The van der Waals surface area contributed by atoms with Crippen LogP contribution in [-0.2, 0) is 24.7 Å². The van der Waals surface area contributed by atoms with Gasteiger partial charge in [0.25, 0.3) is 0 Å². The Labute approximate surface area is 128 Å². The topological polar surface area (TPSA) is 73.8 Å². The molecule has 0 aliphatic carbocycles. The largest absolute Gasteiger partial charge is 0.370 e. The molecule has 0 spiro atoms. The van der Waals surface area contributed by atoms with Crippen molar-refractivity contribution in [3.63, 3.8) is 0 Å². The Hall–Kier alpha value is -1.82. The van der Waals surface area contributed by atoms with Crippen molar-refractivity contribution in [1.82, 2.24) is 14.8 Å². The average molecular weight is 304 g/mol. The third kappa shape index (κ3) is 4.90. The number of thioether (sulfide) groups is 1. The fourth-order valence-electron chi connectivity index (χ4n) is 2.01. The van der Waals surface area contributed by atoms with Crippen molar-refractivity contribution in [2.45, 2.75) is 30.8 Å². The van der Waals surface area contributed by atoms with E-state index in [1.165, 1.54) is 5.56 Å². The fraction of sp³-hybridized carbons (Fsp3) is 0.400. The Morgan fingerprint density at radius 2 is 2.00 bits per heavy atom. The van der Waals surface area contributed by atoms with Gasteiger partial charge in [-0.2, -0.15) is 0 Å². The predicted molar refractivity (Wildman–Crippen MR) is 84.0 cm³/mol. The summed E-state index contributed by atoms with van der Waals surface area (Å²) in [7, 11) is 1.93. The van der Waals surface area contributed by atoms with Crippen molar-refractivity contribution in [3.05, 3.63) is 41.7 Å². The Balaban J connectivity index is 1.77. The molecule has 1 aromatic carbocycles. The fourth-order valence-corrected chi connectivity index (χ4v) is 2.88. The molecule has 0 aliphatic rings. The molecule has 0 radical (unpaired) electrons. The van der Waals surface area contributed by atoms with Gasteiger partial charge in [0.05, 0.1) is 0 Å². The maximum atomic E-state index is 10.8. The molecule has 21 heavy (non-hydrogen) atoms. The first kappa shape index (κ1) is 15.6. The second-order valence-corrected chi connectivity index (χ2v) is 5.92. The van der Waals surface area contributed by atoms with E-state index in [9.17, 15) is 4.79 Å². The maximum absolute atomic E-state index is 10.8. The van der Waals surface area contributed by atoms with E-state index < -0.39 is 0 Å². The van der Waals surface area contributed by atoms with Crippen molar-refractivity contribution >= 4 is 17.7 Å². The molecule has 2 N–H and O–H groups in total. The number of rotatable bonds is 8. The van der Waals surface area contributed by atoms with Crippen LogP contribution in [0.15, 0.2) is 35.5 Å². The zero-order valence-electron chi connectivity index (χ0n) is 12.2. The van der Waals surface area contributed by atoms with E-state index in [0.717, 1.165) is 29.6 Å². The van der Waals surface area contributed by atoms with E-state index >= 15 is 0 Å². The average Bonchev–Trinajstić information content (AvgIpc) is 2.83. The van der Waals surface area contributed by atoms with E-state index in [1.54, 1.807) is 11.8 Å². The van der Waals surface area contributed by atoms with E-state index in [0.29, 0.717) is 12.8 Å². The van der Waals surface area contributed by atoms with Gasteiger partial charge in [0, 0.05) is 25.6 Å². The summed E-state index contributed by atoms with van der Waals surface area (Å²) in [5, 5.41) is 9.16. The highest BCUT2D eigenvalue weighted by molar-refractivity contribution is 7.99. The number of carbonyl (C=O) groups is 1. The number of hydrogen-bond donors (Lipinski definition) is 1. The highest BCUT2D eigenvalue weighted by atomic mass is 32.2. The molecule has 0 aliphatic heterocycles. The first-order valence-corrected chi connectivity index (χ1v) is 7.98. The Kier molecular flexibility index (Phi) is 5.80. The van der Waals surface area contributed by atoms with Crippen LogP contribution in [0.1, 0.15) is 24.2 Å². The van der Waals surface area contributed by atoms with Gasteiger partial charge in [0.1, 0.15) is 5.82 Å². The van der Waals surface area contributed by atoms with Crippen molar-refractivity contribution in [3.8, 4) is 0 Å². The van der Waals surface area contributed by atoms with Crippen molar-refractivity contribution < 1.29 is 4.79 Å². The van der Waals surface area contributed by atoms with E-state index in [2.05, 4.69) is 34.5 Å². The van der Waals surface area contributed by atoms with Crippen LogP contribution in [0.25, 0.3) is 0 Å². The number of benzene rings is 1. The van der Waals surface area contributed by atoms with Crippen LogP contribution in [0, 0.1) is 0 Å². The molecule has 1 aromatic heterocycles. The number of aromatic nitrogens is 3. The van der Waals surface area contributed by atoms with Gasteiger partial charge in [0.2, 0.25) is 5.91 Å². The van der Waals surface area contributed by atoms with Crippen LogP contribution < -0.4 is 5.73 Å². The third-order valence-corrected chi connectivity index (χ3v) is 4.31. The zero-order chi connectivity index (χ0) is 15.1. The van der Waals surface area contributed by atoms with Crippen LogP contribution >= 0.6 is 11.8 Å². The molecule has 2 aromatic rings. The number of hydrogen-bond acceptors (Lipinski definition) is 4.